The summed E-state index contributed by atoms with van der Waals surface area (Å²) in [5.74, 6) is 1.73. The van der Waals surface area contributed by atoms with Crippen LogP contribution >= 0.6 is 0 Å². The lowest BCUT2D eigenvalue weighted by atomic mass is 9.95. The van der Waals surface area contributed by atoms with Gasteiger partial charge in [0.05, 0.1) is 5.69 Å². The summed E-state index contributed by atoms with van der Waals surface area (Å²) in [6, 6.07) is 0.666. The monoisotopic (exact) mass is 235 g/mol. The Morgan fingerprint density at radius 3 is 2.71 bits per heavy atom. The Morgan fingerprint density at radius 1 is 1.35 bits per heavy atom. The third kappa shape index (κ3) is 3.24. The summed E-state index contributed by atoms with van der Waals surface area (Å²) in [6.45, 7) is 7.55. The highest BCUT2D eigenvalue weighted by molar-refractivity contribution is 5.29. The summed E-state index contributed by atoms with van der Waals surface area (Å²) in [6.07, 6.45) is 8.97. The summed E-state index contributed by atoms with van der Waals surface area (Å²) < 4.78 is 2.37. The van der Waals surface area contributed by atoms with Gasteiger partial charge >= 0.3 is 0 Å². The van der Waals surface area contributed by atoms with Crippen molar-refractivity contribution in [2.24, 2.45) is 5.92 Å². The van der Waals surface area contributed by atoms with E-state index in [-0.39, 0.29) is 0 Å². The molecule has 3 heteroatoms. The van der Waals surface area contributed by atoms with Gasteiger partial charge in [0.15, 0.2) is 0 Å². The number of aromatic nitrogens is 2. The van der Waals surface area contributed by atoms with Crippen LogP contribution in [-0.2, 0) is 0 Å². The minimum Gasteiger partial charge on any atom is -0.355 e. The Balaban J connectivity index is 2.08. The molecule has 1 aliphatic carbocycles. The Morgan fingerprint density at radius 2 is 2.06 bits per heavy atom. The van der Waals surface area contributed by atoms with E-state index in [1.54, 1.807) is 0 Å². The molecule has 1 heterocycles. The fraction of sp³-hybridized carbons (Fsp3) is 0.786. The molecule has 3 nitrogen and oxygen atoms in total. The molecule has 0 radical (unpaired) electrons. The van der Waals surface area contributed by atoms with Gasteiger partial charge in [-0.3, -0.25) is 0 Å². The predicted octanol–water partition coefficient (Wildman–Crippen LogP) is 3.76. The van der Waals surface area contributed by atoms with Crippen LogP contribution in [0.5, 0.6) is 0 Å². The number of nitrogens with zero attached hydrogens (tertiary/aromatic N) is 2. The fourth-order valence-electron chi connectivity index (χ4n) is 2.58. The third-order valence-electron chi connectivity index (χ3n) is 3.49. The number of hydrogen-bond donors (Lipinski definition) is 1. The zero-order valence-corrected chi connectivity index (χ0v) is 11.4. The van der Waals surface area contributed by atoms with Gasteiger partial charge < -0.3 is 9.88 Å². The van der Waals surface area contributed by atoms with Crippen LogP contribution in [0.1, 0.15) is 57.7 Å². The molecule has 0 saturated heterocycles. The Kier molecular flexibility index (Phi) is 4.08. The van der Waals surface area contributed by atoms with Gasteiger partial charge in [-0.1, -0.05) is 33.1 Å². The lowest BCUT2D eigenvalue weighted by Crippen LogP contribution is -2.17. The van der Waals surface area contributed by atoms with Crippen molar-refractivity contribution >= 4 is 5.95 Å². The van der Waals surface area contributed by atoms with Crippen LogP contribution in [0.2, 0.25) is 0 Å². The van der Waals surface area contributed by atoms with E-state index in [1.807, 2.05) is 0 Å². The van der Waals surface area contributed by atoms with Crippen LogP contribution < -0.4 is 5.32 Å². The highest BCUT2D eigenvalue weighted by Crippen LogP contribution is 2.30. The van der Waals surface area contributed by atoms with Crippen LogP contribution in [-0.4, -0.2) is 16.1 Å². The van der Waals surface area contributed by atoms with E-state index < -0.39 is 0 Å². The zero-order valence-electron chi connectivity index (χ0n) is 11.4. The summed E-state index contributed by atoms with van der Waals surface area (Å²) in [5, 5.41) is 3.48. The van der Waals surface area contributed by atoms with E-state index in [1.165, 1.54) is 32.1 Å². The van der Waals surface area contributed by atoms with Gasteiger partial charge in [-0.25, -0.2) is 4.98 Å². The fourth-order valence-corrected chi connectivity index (χ4v) is 2.58. The molecular weight excluding hydrogens is 210 g/mol. The molecule has 1 aliphatic rings. The predicted molar refractivity (Wildman–Crippen MR) is 72.4 cm³/mol. The van der Waals surface area contributed by atoms with Gasteiger partial charge in [0.2, 0.25) is 5.95 Å². The van der Waals surface area contributed by atoms with Crippen molar-refractivity contribution in [3.05, 3.63) is 11.9 Å². The molecule has 17 heavy (non-hydrogen) atoms. The molecule has 1 aromatic rings. The van der Waals surface area contributed by atoms with Crippen LogP contribution in [0.3, 0.4) is 0 Å². The van der Waals surface area contributed by atoms with Crippen molar-refractivity contribution in [2.75, 3.05) is 11.9 Å². The molecule has 0 atom stereocenters. The lowest BCUT2D eigenvalue weighted by Gasteiger charge is -2.25. The van der Waals surface area contributed by atoms with E-state index >= 15 is 0 Å². The SMILES string of the molecule is Cc1cn(C2CCCCC2)c(NCC(C)C)n1. The Hall–Kier alpha value is -0.990. The van der Waals surface area contributed by atoms with Gasteiger partial charge in [-0.05, 0) is 25.7 Å². The van der Waals surface area contributed by atoms with Crippen molar-refractivity contribution in [1.29, 1.82) is 0 Å². The Labute approximate surface area is 105 Å². The average Bonchev–Trinajstić information content (AvgIpc) is 2.69. The molecule has 0 unspecified atom stereocenters. The molecule has 0 bridgehead atoms. The highest BCUT2D eigenvalue weighted by Gasteiger charge is 2.18. The Bertz CT molecular complexity index is 348. The molecule has 0 spiro atoms. The average molecular weight is 235 g/mol. The number of nitrogens with one attached hydrogen (secondary N) is 1. The summed E-state index contributed by atoms with van der Waals surface area (Å²) in [5.41, 5.74) is 1.13. The molecule has 1 N–H and O–H groups in total. The molecule has 2 rings (SSSR count). The van der Waals surface area contributed by atoms with Crippen LogP contribution in [0.15, 0.2) is 6.20 Å². The van der Waals surface area contributed by atoms with Gasteiger partial charge in [-0.15, -0.1) is 0 Å². The van der Waals surface area contributed by atoms with Crippen molar-refractivity contribution in [2.45, 2.75) is 58.9 Å². The lowest BCUT2D eigenvalue weighted by molar-refractivity contribution is 0.355. The quantitative estimate of drug-likeness (QED) is 0.861. The number of aryl methyl sites for hydroxylation is 1. The van der Waals surface area contributed by atoms with Crippen molar-refractivity contribution in [1.82, 2.24) is 9.55 Å². The summed E-state index contributed by atoms with van der Waals surface area (Å²) in [4.78, 5) is 4.61. The molecule has 96 valence electrons. The third-order valence-corrected chi connectivity index (χ3v) is 3.49. The maximum atomic E-state index is 4.61. The van der Waals surface area contributed by atoms with Crippen molar-refractivity contribution in [3.8, 4) is 0 Å². The van der Waals surface area contributed by atoms with E-state index in [2.05, 4.69) is 41.8 Å². The minimum atomic E-state index is 0.659. The smallest absolute Gasteiger partial charge is 0.203 e. The summed E-state index contributed by atoms with van der Waals surface area (Å²) >= 11 is 0. The standard InChI is InChI=1S/C14H25N3/c1-11(2)9-15-14-16-12(3)10-17(14)13-7-5-4-6-8-13/h10-11,13H,4-9H2,1-3H3,(H,15,16). The number of rotatable bonds is 4. The maximum absolute atomic E-state index is 4.61. The van der Waals surface area contributed by atoms with Crippen molar-refractivity contribution < 1.29 is 0 Å². The van der Waals surface area contributed by atoms with Gasteiger partial charge in [0, 0.05) is 18.8 Å². The van der Waals surface area contributed by atoms with Crippen molar-refractivity contribution in [3.63, 3.8) is 0 Å². The topological polar surface area (TPSA) is 29.9 Å². The van der Waals surface area contributed by atoms with Gasteiger partial charge in [-0.2, -0.15) is 0 Å². The first-order valence-electron chi connectivity index (χ1n) is 6.96. The molecule has 0 aromatic carbocycles. The molecule has 1 saturated carbocycles. The first kappa shape index (κ1) is 12.5. The number of imidazole rings is 1. The van der Waals surface area contributed by atoms with Crippen LogP contribution in [0.4, 0.5) is 5.95 Å². The largest absolute Gasteiger partial charge is 0.355 e. The maximum Gasteiger partial charge on any atom is 0.203 e. The van der Waals surface area contributed by atoms with Crippen LogP contribution in [0, 0.1) is 12.8 Å². The zero-order chi connectivity index (χ0) is 12.3. The first-order valence-corrected chi connectivity index (χ1v) is 6.96. The molecule has 0 aliphatic heterocycles. The second-order valence-corrected chi connectivity index (χ2v) is 5.68. The molecule has 1 fully saturated rings. The van der Waals surface area contributed by atoms with E-state index in [4.69, 9.17) is 0 Å². The second-order valence-electron chi connectivity index (χ2n) is 5.68. The molecule has 1 aromatic heterocycles. The van der Waals surface area contributed by atoms with Crippen LogP contribution in [0.25, 0.3) is 0 Å². The molecular formula is C14H25N3. The van der Waals surface area contributed by atoms with E-state index in [0.29, 0.717) is 12.0 Å². The minimum absolute atomic E-state index is 0.659. The number of anilines is 1. The van der Waals surface area contributed by atoms with E-state index in [9.17, 15) is 0 Å². The second kappa shape index (κ2) is 5.56. The molecule has 0 amide bonds. The van der Waals surface area contributed by atoms with Gasteiger partial charge in [0.1, 0.15) is 0 Å². The number of hydrogen-bond acceptors (Lipinski definition) is 2. The van der Waals surface area contributed by atoms with E-state index in [0.717, 1.165) is 18.2 Å². The van der Waals surface area contributed by atoms with Gasteiger partial charge in [0.25, 0.3) is 0 Å². The highest BCUT2D eigenvalue weighted by atomic mass is 15.2. The summed E-state index contributed by atoms with van der Waals surface area (Å²) in [7, 11) is 0. The normalized spacial score (nSPS) is 17.6. The first-order chi connectivity index (χ1) is 8.16.